The Morgan fingerprint density at radius 2 is 1.65 bits per heavy atom. The van der Waals surface area contributed by atoms with E-state index in [0.717, 1.165) is 18.2 Å². The minimum absolute atomic E-state index is 0.112. The first-order valence-corrected chi connectivity index (χ1v) is 6.57. The zero-order valence-electron chi connectivity index (χ0n) is 11.4. The van der Waals surface area contributed by atoms with Gasteiger partial charge in [-0.05, 0) is 24.3 Å². The summed E-state index contributed by atoms with van der Waals surface area (Å²) in [6, 6.07) is 8.56. The van der Waals surface area contributed by atoms with Crippen LogP contribution in [0.15, 0.2) is 42.5 Å². The molecule has 2 rings (SSSR count). The first-order chi connectivity index (χ1) is 10.9. The van der Waals surface area contributed by atoms with Crippen molar-refractivity contribution >= 4 is 29.1 Å². The van der Waals surface area contributed by atoms with Crippen molar-refractivity contribution in [2.45, 2.75) is 0 Å². The van der Waals surface area contributed by atoms with E-state index in [4.69, 9.17) is 11.6 Å². The van der Waals surface area contributed by atoms with Gasteiger partial charge < -0.3 is 0 Å². The molecule has 23 heavy (non-hydrogen) atoms. The summed E-state index contributed by atoms with van der Waals surface area (Å²) in [7, 11) is 0. The fourth-order valence-electron chi connectivity index (χ4n) is 1.74. The van der Waals surface area contributed by atoms with Crippen molar-refractivity contribution in [3.05, 3.63) is 74.5 Å². The summed E-state index contributed by atoms with van der Waals surface area (Å²) < 4.78 is 13.4. The smallest absolute Gasteiger partial charge is 0.267 e. The van der Waals surface area contributed by atoms with Crippen LogP contribution in [0.1, 0.15) is 20.7 Å². The molecule has 2 N–H and O–H groups in total. The van der Waals surface area contributed by atoms with Crippen molar-refractivity contribution in [2.75, 3.05) is 0 Å². The van der Waals surface area contributed by atoms with E-state index in [-0.39, 0.29) is 16.1 Å². The van der Waals surface area contributed by atoms with Gasteiger partial charge in [-0.15, -0.1) is 0 Å². The number of nitrogens with zero attached hydrogens (tertiary/aromatic N) is 1. The molecular formula is C14H9ClFN3O4. The molecule has 0 bridgehead atoms. The van der Waals surface area contributed by atoms with Gasteiger partial charge in [0.15, 0.2) is 0 Å². The lowest BCUT2D eigenvalue weighted by molar-refractivity contribution is -0.385. The molecule has 0 radical (unpaired) electrons. The van der Waals surface area contributed by atoms with Gasteiger partial charge in [-0.2, -0.15) is 0 Å². The molecule has 0 aliphatic heterocycles. The van der Waals surface area contributed by atoms with E-state index in [1.807, 2.05) is 10.9 Å². The van der Waals surface area contributed by atoms with Gasteiger partial charge >= 0.3 is 0 Å². The van der Waals surface area contributed by atoms with E-state index < -0.39 is 28.2 Å². The lowest BCUT2D eigenvalue weighted by Crippen LogP contribution is -2.42. The topological polar surface area (TPSA) is 101 Å². The molecule has 0 aromatic heterocycles. The van der Waals surface area contributed by atoms with E-state index in [0.29, 0.717) is 0 Å². The van der Waals surface area contributed by atoms with Crippen LogP contribution in [0.3, 0.4) is 0 Å². The SMILES string of the molecule is O=C(NNC(=O)c1cc(Cl)ccc1[N+](=O)[O-])c1ccccc1F. The van der Waals surface area contributed by atoms with Crippen LogP contribution < -0.4 is 10.9 Å². The Morgan fingerprint density at radius 1 is 1.04 bits per heavy atom. The Kier molecular flexibility index (Phi) is 4.87. The Bertz CT molecular complexity index is 797. The second kappa shape index (κ2) is 6.84. The number of halogens is 2. The van der Waals surface area contributed by atoms with E-state index in [2.05, 4.69) is 0 Å². The Morgan fingerprint density at radius 3 is 2.26 bits per heavy atom. The quantitative estimate of drug-likeness (QED) is 0.663. The highest BCUT2D eigenvalue weighted by molar-refractivity contribution is 6.31. The third kappa shape index (κ3) is 3.80. The number of hydrogen-bond acceptors (Lipinski definition) is 4. The molecule has 0 fully saturated rings. The van der Waals surface area contributed by atoms with Crippen LogP contribution in [0.2, 0.25) is 5.02 Å². The maximum atomic E-state index is 13.4. The van der Waals surface area contributed by atoms with Gasteiger partial charge in [0.25, 0.3) is 17.5 Å². The number of hydrazine groups is 1. The van der Waals surface area contributed by atoms with Gasteiger partial charge in [0, 0.05) is 11.1 Å². The maximum Gasteiger partial charge on any atom is 0.282 e. The van der Waals surface area contributed by atoms with E-state index >= 15 is 0 Å². The molecular weight excluding hydrogens is 329 g/mol. The molecule has 118 valence electrons. The average molecular weight is 338 g/mol. The molecule has 9 heteroatoms. The fourth-order valence-corrected chi connectivity index (χ4v) is 1.91. The van der Waals surface area contributed by atoms with Crippen LogP contribution in [0.5, 0.6) is 0 Å². The Labute approximate surface area is 134 Å². The molecule has 2 aromatic rings. The van der Waals surface area contributed by atoms with Crippen LogP contribution >= 0.6 is 11.6 Å². The van der Waals surface area contributed by atoms with Crippen molar-refractivity contribution < 1.29 is 18.9 Å². The van der Waals surface area contributed by atoms with E-state index in [1.54, 1.807) is 0 Å². The second-order valence-corrected chi connectivity index (χ2v) is 4.74. The highest BCUT2D eigenvalue weighted by Crippen LogP contribution is 2.22. The number of carbonyl (C=O) groups excluding carboxylic acids is 2. The molecule has 0 saturated carbocycles. The maximum absolute atomic E-state index is 13.4. The molecule has 0 aliphatic carbocycles. The van der Waals surface area contributed by atoms with Gasteiger partial charge in [-0.25, -0.2) is 4.39 Å². The number of nitro groups is 1. The summed E-state index contributed by atoms with van der Waals surface area (Å²) in [5.41, 5.74) is 2.86. The third-order valence-electron chi connectivity index (χ3n) is 2.81. The first-order valence-electron chi connectivity index (χ1n) is 6.19. The van der Waals surface area contributed by atoms with Crippen molar-refractivity contribution in [3.8, 4) is 0 Å². The Hall–Kier alpha value is -3.00. The number of nitro benzene ring substituents is 1. The summed E-state index contributed by atoms with van der Waals surface area (Å²) in [4.78, 5) is 33.8. The van der Waals surface area contributed by atoms with Gasteiger partial charge in [0.1, 0.15) is 11.4 Å². The number of amides is 2. The zero-order valence-corrected chi connectivity index (χ0v) is 12.1. The molecule has 0 aliphatic rings. The number of hydrogen-bond donors (Lipinski definition) is 2. The third-order valence-corrected chi connectivity index (χ3v) is 3.04. The first kappa shape index (κ1) is 16.4. The van der Waals surface area contributed by atoms with Crippen LogP contribution in [0.4, 0.5) is 10.1 Å². The lowest BCUT2D eigenvalue weighted by Gasteiger charge is -2.08. The van der Waals surface area contributed by atoms with Crippen molar-refractivity contribution in [3.63, 3.8) is 0 Å². The van der Waals surface area contributed by atoms with Gasteiger partial charge in [-0.1, -0.05) is 23.7 Å². The fraction of sp³-hybridized carbons (Fsp3) is 0. The predicted molar refractivity (Wildman–Crippen MR) is 79.4 cm³/mol. The van der Waals surface area contributed by atoms with Crippen LogP contribution in [0.25, 0.3) is 0 Å². The number of carbonyl (C=O) groups is 2. The summed E-state index contributed by atoms with van der Waals surface area (Å²) in [5.74, 6) is -2.63. The molecule has 0 saturated heterocycles. The predicted octanol–water partition coefficient (Wildman–Crippen LogP) is 2.46. The van der Waals surface area contributed by atoms with Gasteiger partial charge in [0.05, 0.1) is 10.5 Å². The van der Waals surface area contributed by atoms with Crippen molar-refractivity contribution in [1.82, 2.24) is 10.9 Å². The van der Waals surface area contributed by atoms with E-state index in [9.17, 15) is 24.1 Å². The van der Waals surface area contributed by atoms with Crippen molar-refractivity contribution in [1.29, 1.82) is 0 Å². The number of nitrogens with one attached hydrogen (secondary N) is 2. The molecule has 2 aromatic carbocycles. The Balaban J connectivity index is 2.14. The summed E-state index contributed by atoms with van der Waals surface area (Å²) in [6.45, 7) is 0. The monoisotopic (exact) mass is 337 g/mol. The minimum Gasteiger partial charge on any atom is -0.267 e. The normalized spacial score (nSPS) is 10.0. The number of rotatable bonds is 3. The van der Waals surface area contributed by atoms with Crippen LogP contribution in [0, 0.1) is 15.9 Å². The molecule has 2 amide bonds. The summed E-state index contributed by atoms with van der Waals surface area (Å²) in [6.07, 6.45) is 0. The largest absolute Gasteiger partial charge is 0.282 e. The average Bonchev–Trinajstić information content (AvgIpc) is 2.52. The van der Waals surface area contributed by atoms with Crippen LogP contribution in [-0.2, 0) is 0 Å². The standard InChI is InChI=1S/C14H9ClFN3O4/c15-8-5-6-12(19(22)23)10(7-8)14(21)18-17-13(20)9-3-1-2-4-11(9)16/h1-7H,(H,17,20)(H,18,21). The highest BCUT2D eigenvalue weighted by atomic mass is 35.5. The molecule has 0 spiro atoms. The lowest BCUT2D eigenvalue weighted by atomic mass is 10.1. The summed E-state index contributed by atoms with van der Waals surface area (Å²) >= 11 is 5.71. The van der Waals surface area contributed by atoms with Crippen LogP contribution in [-0.4, -0.2) is 16.7 Å². The molecule has 0 heterocycles. The zero-order chi connectivity index (χ0) is 17.0. The highest BCUT2D eigenvalue weighted by Gasteiger charge is 2.21. The molecule has 0 atom stereocenters. The van der Waals surface area contributed by atoms with Gasteiger partial charge in [0.2, 0.25) is 0 Å². The molecule has 0 unspecified atom stereocenters. The van der Waals surface area contributed by atoms with Crippen molar-refractivity contribution in [2.24, 2.45) is 0 Å². The van der Waals surface area contributed by atoms with E-state index in [1.165, 1.54) is 24.3 Å². The second-order valence-electron chi connectivity index (χ2n) is 4.31. The minimum atomic E-state index is -0.955. The van der Waals surface area contributed by atoms with Gasteiger partial charge in [-0.3, -0.25) is 30.6 Å². The molecule has 7 nitrogen and oxygen atoms in total. The summed E-state index contributed by atoms with van der Waals surface area (Å²) in [5, 5.41) is 11.0. The number of benzene rings is 2.